The summed E-state index contributed by atoms with van der Waals surface area (Å²) in [5.41, 5.74) is -1.02. The molecule has 1 aliphatic rings. The van der Waals surface area contributed by atoms with Gasteiger partial charge in [0.05, 0.1) is 16.2 Å². The van der Waals surface area contributed by atoms with Crippen molar-refractivity contribution in [3.63, 3.8) is 0 Å². The molecule has 0 spiro atoms. The van der Waals surface area contributed by atoms with E-state index in [-0.39, 0.29) is 45.2 Å². The third-order valence-corrected chi connectivity index (χ3v) is 7.33. The topological polar surface area (TPSA) is 84.5 Å². The van der Waals surface area contributed by atoms with Crippen LogP contribution in [0.4, 0.5) is 13.2 Å². The van der Waals surface area contributed by atoms with Crippen LogP contribution in [0.3, 0.4) is 0 Å². The molecule has 2 aromatic rings. The van der Waals surface area contributed by atoms with Gasteiger partial charge < -0.3 is 15.4 Å². The molecule has 33 heavy (non-hydrogen) atoms. The van der Waals surface area contributed by atoms with E-state index in [9.17, 15) is 26.4 Å². The highest BCUT2D eigenvalue weighted by Gasteiger charge is 2.36. The van der Waals surface area contributed by atoms with Gasteiger partial charge in [-0.15, -0.1) is 0 Å². The zero-order chi connectivity index (χ0) is 24.2. The third-order valence-electron chi connectivity index (χ3n) is 5.27. The number of ether oxygens (including phenoxy) is 1. The van der Waals surface area contributed by atoms with Gasteiger partial charge in [0.15, 0.2) is 9.84 Å². The van der Waals surface area contributed by atoms with Gasteiger partial charge in [-0.3, -0.25) is 4.79 Å². The van der Waals surface area contributed by atoms with Crippen LogP contribution >= 0.6 is 11.6 Å². The quantitative estimate of drug-likeness (QED) is 0.590. The van der Waals surface area contributed by atoms with Crippen molar-refractivity contribution in [3.8, 4) is 5.75 Å². The number of amides is 1. The van der Waals surface area contributed by atoms with Crippen LogP contribution in [0.5, 0.6) is 5.75 Å². The fraction of sp³-hybridized carbons (Fsp3) is 0.409. The Morgan fingerprint density at radius 1 is 1.24 bits per heavy atom. The van der Waals surface area contributed by atoms with Crippen molar-refractivity contribution >= 4 is 27.3 Å². The fourth-order valence-electron chi connectivity index (χ4n) is 3.52. The van der Waals surface area contributed by atoms with Crippen molar-refractivity contribution in [2.24, 2.45) is 0 Å². The average molecular weight is 505 g/mol. The molecule has 0 aliphatic carbocycles. The van der Waals surface area contributed by atoms with Gasteiger partial charge in [0.25, 0.3) is 5.91 Å². The number of hydrogen-bond donors (Lipinski definition) is 2. The molecule has 1 heterocycles. The lowest BCUT2D eigenvalue weighted by atomic mass is 10.1. The van der Waals surface area contributed by atoms with Crippen molar-refractivity contribution in [3.05, 3.63) is 58.1 Å². The summed E-state index contributed by atoms with van der Waals surface area (Å²) in [7, 11) is -3.58. The predicted octanol–water partition coefficient (Wildman–Crippen LogP) is 4.21. The zero-order valence-corrected chi connectivity index (χ0v) is 19.4. The first kappa shape index (κ1) is 25.3. The number of sulfone groups is 1. The van der Waals surface area contributed by atoms with Gasteiger partial charge >= 0.3 is 6.18 Å². The van der Waals surface area contributed by atoms with E-state index in [4.69, 9.17) is 16.3 Å². The zero-order valence-electron chi connectivity index (χ0n) is 17.8. The summed E-state index contributed by atoms with van der Waals surface area (Å²) < 4.78 is 71.1. The summed E-state index contributed by atoms with van der Waals surface area (Å²) >= 11 is 5.96. The lowest BCUT2D eigenvalue weighted by Crippen LogP contribution is -2.37. The molecule has 2 N–H and O–H groups in total. The molecular formula is C22H24ClF3N2O4S. The second-order valence-corrected chi connectivity index (χ2v) is 10.3. The van der Waals surface area contributed by atoms with Crippen LogP contribution in [0.15, 0.2) is 41.3 Å². The molecule has 0 saturated carbocycles. The Labute approximate surface area is 195 Å². The van der Waals surface area contributed by atoms with E-state index in [0.29, 0.717) is 13.0 Å². The number of carbonyl (C=O) groups excluding carboxylic acids is 1. The molecule has 1 aliphatic heterocycles. The number of nitrogens with one attached hydrogen (secondary N) is 2. The molecule has 0 bridgehead atoms. The van der Waals surface area contributed by atoms with Crippen LogP contribution in [0.2, 0.25) is 5.02 Å². The standard InChI is InChI=1S/C22H24ClF3N2O4S/c1-2-33(30,31)20-8-6-16(23)10-15(20)12-28-21(29)14-5-7-19(18(11-14)22(24,25)26)32-17-4-3-9-27-13-17/h5-8,10-11,17,27H,2-4,9,12-13H2,1H3,(H,28,29)/t17-/m1/s1. The number of piperidine rings is 1. The van der Waals surface area contributed by atoms with Crippen molar-refractivity contribution in [1.82, 2.24) is 10.6 Å². The molecule has 6 nitrogen and oxygen atoms in total. The largest absolute Gasteiger partial charge is 0.488 e. The Kier molecular flexibility index (Phi) is 7.92. The molecule has 1 fully saturated rings. The van der Waals surface area contributed by atoms with Crippen LogP contribution in [0, 0.1) is 0 Å². The van der Waals surface area contributed by atoms with Crippen LogP contribution < -0.4 is 15.4 Å². The highest BCUT2D eigenvalue weighted by Crippen LogP contribution is 2.37. The number of halogens is 4. The van der Waals surface area contributed by atoms with E-state index < -0.39 is 27.5 Å². The van der Waals surface area contributed by atoms with Gasteiger partial charge in [-0.1, -0.05) is 18.5 Å². The van der Waals surface area contributed by atoms with E-state index in [1.807, 2.05) is 0 Å². The first-order valence-electron chi connectivity index (χ1n) is 10.4. The summed E-state index contributed by atoms with van der Waals surface area (Å²) in [6.07, 6.45) is -3.68. The molecule has 0 unspecified atom stereocenters. The molecular weight excluding hydrogens is 481 g/mol. The minimum absolute atomic E-state index is 0.00974. The lowest BCUT2D eigenvalue weighted by Gasteiger charge is -2.25. The Balaban J connectivity index is 1.81. The summed E-state index contributed by atoms with van der Waals surface area (Å²) in [5.74, 6) is -1.27. The lowest BCUT2D eigenvalue weighted by molar-refractivity contribution is -0.139. The van der Waals surface area contributed by atoms with Crippen LogP contribution in [-0.4, -0.2) is 39.3 Å². The maximum Gasteiger partial charge on any atom is 0.419 e. The molecule has 1 amide bonds. The molecule has 0 radical (unpaired) electrons. The van der Waals surface area contributed by atoms with Crippen molar-refractivity contribution in [1.29, 1.82) is 0 Å². The predicted molar refractivity (Wildman–Crippen MR) is 118 cm³/mol. The smallest absolute Gasteiger partial charge is 0.419 e. The number of benzene rings is 2. The van der Waals surface area contributed by atoms with E-state index in [1.165, 1.54) is 31.2 Å². The summed E-state index contributed by atoms with van der Waals surface area (Å²) in [5, 5.41) is 5.82. The molecule has 3 rings (SSSR count). The summed E-state index contributed by atoms with van der Waals surface area (Å²) in [6.45, 7) is 2.50. The van der Waals surface area contributed by atoms with Gasteiger partial charge in [-0.25, -0.2) is 8.42 Å². The Bertz CT molecular complexity index is 1120. The number of alkyl halides is 3. The van der Waals surface area contributed by atoms with Crippen LogP contribution in [0.1, 0.15) is 41.3 Å². The minimum Gasteiger partial charge on any atom is -0.488 e. The fourth-order valence-corrected chi connectivity index (χ4v) is 4.83. The highest BCUT2D eigenvalue weighted by atomic mass is 35.5. The second kappa shape index (κ2) is 10.3. The van der Waals surface area contributed by atoms with E-state index >= 15 is 0 Å². The Hall–Kier alpha value is -2.30. The maximum atomic E-state index is 13.7. The average Bonchev–Trinajstić information content (AvgIpc) is 2.77. The van der Waals surface area contributed by atoms with Gasteiger partial charge in [-0.05, 0) is 61.3 Å². The summed E-state index contributed by atoms with van der Waals surface area (Å²) in [4.78, 5) is 12.6. The van der Waals surface area contributed by atoms with Crippen molar-refractivity contribution in [2.45, 2.75) is 43.5 Å². The SMILES string of the molecule is CCS(=O)(=O)c1ccc(Cl)cc1CNC(=O)c1ccc(O[C@@H]2CCCNC2)c(C(F)(F)F)c1. The third kappa shape index (κ3) is 6.39. The molecule has 180 valence electrons. The van der Waals surface area contributed by atoms with Gasteiger partial charge in [0, 0.05) is 23.7 Å². The number of hydrogen-bond acceptors (Lipinski definition) is 5. The summed E-state index contributed by atoms with van der Waals surface area (Å²) in [6, 6.07) is 7.29. The first-order chi connectivity index (χ1) is 15.5. The monoisotopic (exact) mass is 504 g/mol. The maximum absolute atomic E-state index is 13.7. The molecule has 1 atom stereocenters. The first-order valence-corrected chi connectivity index (χ1v) is 12.4. The van der Waals surface area contributed by atoms with E-state index in [1.54, 1.807) is 0 Å². The Morgan fingerprint density at radius 3 is 2.64 bits per heavy atom. The second-order valence-electron chi connectivity index (χ2n) is 7.63. The van der Waals surface area contributed by atoms with Gasteiger partial charge in [0.1, 0.15) is 11.9 Å². The molecule has 1 saturated heterocycles. The van der Waals surface area contributed by atoms with Crippen LogP contribution in [0.25, 0.3) is 0 Å². The molecule has 0 aromatic heterocycles. The Morgan fingerprint density at radius 2 is 2.00 bits per heavy atom. The van der Waals surface area contributed by atoms with Crippen LogP contribution in [-0.2, 0) is 22.6 Å². The number of carbonyl (C=O) groups is 1. The highest BCUT2D eigenvalue weighted by molar-refractivity contribution is 7.91. The van der Waals surface area contributed by atoms with E-state index in [2.05, 4.69) is 10.6 Å². The van der Waals surface area contributed by atoms with Crippen molar-refractivity contribution < 1.29 is 31.1 Å². The molecule has 11 heteroatoms. The van der Waals surface area contributed by atoms with Gasteiger partial charge in [0.2, 0.25) is 0 Å². The number of rotatable bonds is 7. The normalized spacial score (nSPS) is 16.9. The van der Waals surface area contributed by atoms with E-state index in [0.717, 1.165) is 25.1 Å². The minimum atomic E-state index is -4.72. The molecule has 2 aromatic carbocycles. The van der Waals surface area contributed by atoms with Crippen molar-refractivity contribution in [2.75, 3.05) is 18.8 Å². The van der Waals surface area contributed by atoms with Gasteiger partial charge in [-0.2, -0.15) is 13.2 Å².